The summed E-state index contributed by atoms with van der Waals surface area (Å²) in [6.45, 7) is 3.65. The third kappa shape index (κ3) is 4.20. The van der Waals surface area contributed by atoms with E-state index in [0.29, 0.717) is 6.54 Å². The lowest BCUT2D eigenvalue weighted by atomic mass is 10.1. The van der Waals surface area contributed by atoms with Gasteiger partial charge < -0.3 is 10.0 Å². The molecule has 0 aliphatic heterocycles. The van der Waals surface area contributed by atoms with Crippen LogP contribution in [0.25, 0.3) is 0 Å². The van der Waals surface area contributed by atoms with Crippen LogP contribution in [0.15, 0.2) is 24.3 Å². The third-order valence-electron chi connectivity index (χ3n) is 2.39. The van der Waals surface area contributed by atoms with Crippen molar-refractivity contribution >= 4 is 11.6 Å². The molecule has 0 radical (unpaired) electrons. The summed E-state index contributed by atoms with van der Waals surface area (Å²) in [5, 5.41) is 8.76. The SMILES string of the molecule is Cc1ccc(C(Cl)CN(C)CCO)cc1. The minimum atomic E-state index is -0.0119. The highest BCUT2D eigenvalue weighted by Crippen LogP contribution is 2.21. The highest BCUT2D eigenvalue weighted by atomic mass is 35.5. The average molecular weight is 228 g/mol. The normalized spacial score (nSPS) is 13.1. The van der Waals surface area contributed by atoms with E-state index < -0.39 is 0 Å². The lowest BCUT2D eigenvalue weighted by Crippen LogP contribution is -2.25. The van der Waals surface area contributed by atoms with Crippen molar-refractivity contribution in [3.8, 4) is 0 Å². The number of aliphatic hydroxyl groups excluding tert-OH is 1. The van der Waals surface area contributed by atoms with Crippen molar-refractivity contribution in [3.05, 3.63) is 35.4 Å². The summed E-state index contributed by atoms with van der Waals surface area (Å²) in [5.41, 5.74) is 2.37. The van der Waals surface area contributed by atoms with Crippen LogP contribution in [-0.2, 0) is 0 Å². The fourth-order valence-electron chi connectivity index (χ4n) is 1.42. The molecule has 0 fully saturated rings. The number of hydrogen-bond acceptors (Lipinski definition) is 2. The lowest BCUT2D eigenvalue weighted by Gasteiger charge is -2.19. The summed E-state index contributed by atoms with van der Waals surface area (Å²) in [6.07, 6.45) is 0. The largest absolute Gasteiger partial charge is 0.395 e. The minimum absolute atomic E-state index is 0.0119. The first-order valence-corrected chi connectivity index (χ1v) is 5.57. The molecule has 1 aromatic rings. The molecule has 0 saturated heterocycles. The molecule has 1 unspecified atom stereocenters. The number of alkyl halides is 1. The first kappa shape index (κ1) is 12.5. The Hall–Kier alpha value is -0.570. The molecule has 0 aromatic heterocycles. The second kappa shape index (κ2) is 6.11. The Labute approximate surface area is 96.5 Å². The smallest absolute Gasteiger partial charge is 0.0712 e. The van der Waals surface area contributed by atoms with E-state index in [-0.39, 0.29) is 12.0 Å². The van der Waals surface area contributed by atoms with Crippen LogP contribution in [0.4, 0.5) is 0 Å². The molecule has 0 bridgehead atoms. The number of likely N-dealkylation sites (N-methyl/N-ethyl adjacent to an activating group) is 1. The molecule has 3 heteroatoms. The monoisotopic (exact) mass is 227 g/mol. The van der Waals surface area contributed by atoms with Gasteiger partial charge in [0.15, 0.2) is 0 Å². The van der Waals surface area contributed by atoms with Crippen LogP contribution in [0.3, 0.4) is 0 Å². The van der Waals surface area contributed by atoms with Gasteiger partial charge in [-0.05, 0) is 19.5 Å². The highest BCUT2D eigenvalue weighted by Gasteiger charge is 2.10. The maximum atomic E-state index is 8.77. The molecule has 0 saturated carbocycles. The standard InChI is InChI=1S/C12H18ClNO/c1-10-3-5-11(6-4-10)12(13)9-14(2)7-8-15/h3-6,12,15H,7-9H2,1-2H3. The van der Waals surface area contributed by atoms with E-state index in [1.165, 1.54) is 5.56 Å². The van der Waals surface area contributed by atoms with Gasteiger partial charge >= 0.3 is 0 Å². The number of halogens is 1. The van der Waals surface area contributed by atoms with E-state index in [2.05, 4.69) is 31.2 Å². The van der Waals surface area contributed by atoms with Crippen molar-refractivity contribution in [3.63, 3.8) is 0 Å². The zero-order valence-corrected chi connectivity index (χ0v) is 10.0. The molecule has 1 atom stereocenters. The Morgan fingerprint density at radius 2 is 1.93 bits per heavy atom. The second-order valence-corrected chi connectivity index (χ2v) is 4.39. The Kier molecular flexibility index (Phi) is 5.09. The average Bonchev–Trinajstić information content (AvgIpc) is 2.18. The van der Waals surface area contributed by atoms with Gasteiger partial charge in [0.05, 0.1) is 12.0 Å². The topological polar surface area (TPSA) is 23.5 Å². The first-order chi connectivity index (χ1) is 7.13. The Morgan fingerprint density at radius 1 is 1.33 bits per heavy atom. The first-order valence-electron chi connectivity index (χ1n) is 5.13. The van der Waals surface area contributed by atoms with Gasteiger partial charge in [0, 0.05) is 13.1 Å². The predicted molar refractivity (Wildman–Crippen MR) is 64.4 cm³/mol. The number of aliphatic hydroxyl groups is 1. The van der Waals surface area contributed by atoms with E-state index >= 15 is 0 Å². The maximum absolute atomic E-state index is 8.77. The van der Waals surface area contributed by atoms with Crippen molar-refractivity contribution in [2.75, 3.05) is 26.7 Å². The minimum Gasteiger partial charge on any atom is -0.395 e. The van der Waals surface area contributed by atoms with Crippen LogP contribution in [-0.4, -0.2) is 36.8 Å². The van der Waals surface area contributed by atoms with Crippen molar-refractivity contribution in [1.82, 2.24) is 4.90 Å². The lowest BCUT2D eigenvalue weighted by molar-refractivity contribution is 0.221. The van der Waals surface area contributed by atoms with Gasteiger partial charge in [-0.25, -0.2) is 0 Å². The summed E-state index contributed by atoms with van der Waals surface area (Å²) in [4.78, 5) is 2.03. The highest BCUT2D eigenvalue weighted by molar-refractivity contribution is 6.21. The summed E-state index contributed by atoms with van der Waals surface area (Å²) >= 11 is 6.27. The Morgan fingerprint density at radius 3 is 2.47 bits per heavy atom. The zero-order valence-electron chi connectivity index (χ0n) is 9.28. The van der Waals surface area contributed by atoms with Crippen molar-refractivity contribution in [1.29, 1.82) is 0 Å². The molecular formula is C12H18ClNO. The van der Waals surface area contributed by atoms with Gasteiger partial charge in [0.25, 0.3) is 0 Å². The van der Waals surface area contributed by atoms with E-state index in [1.54, 1.807) is 0 Å². The summed E-state index contributed by atoms with van der Waals surface area (Å²) in [5.74, 6) is 0. The van der Waals surface area contributed by atoms with Crippen LogP contribution in [0.2, 0.25) is 0 Å². The van der Waals surface area contributed by atoms with Gasteiger partial charge in [-0.1, -0.05) is 29.8 Å². The van der Waals surface area contributed by atoms with E-state index in [4.69, 9.17) is 16.7 Å². The van der Waals surface area contributed by atoms with E-state index in [9.17, 15) is 0 Å². The molecule has 0 spiro atoms. The predicted octanol–water partition coefficient (Wildman–Crippen LogP) is 2.20. The molecule has 0 aliphatic carbocycles. The van der Waals surface area contributed by atoms with Gasteiger partial charge in [0.1, 0.15) is 0 Å². The fraction of sp³-hybridized carbons (Fsp3) is 0.500. The molecule has 0 heterocycles. The molecule has 2 nitrogen and oxygen atoms in total. The van der Waals surface area contributed by atoms with Crippen LogP contribution >= 0.6 is 11.6 Å². The van der Waals surface area contributed by atoms with Crippen molar-refractivity contribution < 1.29 is 5.11 Å². The van der Waals surface area contributed by atoms with Crippen molar-refractivity contribution in [2.45, 2.75) is 12.3 Å². The Balaban J connectivity index is 2.53. The van der Waals surface area contributed by atoms with Crippen LogP contribution in [0, 0.1) is 6.92 Å². The number of hydrogen-bond donors (Lipinski definition) is 1. The van der Waals surface area contributed by atoms with Gasteiger partial charge in [-0.3, -0.25) is 0 Å². The Bertz CT molecular complexity index is 286. The van der Waals surface area contributed by atoms with Crippen LogP contribution < -0.4 is 0 Å². The molecule has 0 amide bonds. The van der Waals surface area contributed by atoms with Crippen LogP contribution in [0.5, 0.6) is 0 Å². The summed E-state index contributed by atoms with van der Waals surface area (Å²) < 4.78 is 0. The fourth-order valence-corrected chi connectivity index (χ4v) is 1.80. The number of aryl methyl sites for hydroxylation is 1. The zero-order chi connectivity index (χ0) is 11.3. The molecule has 0 aliphatic rings. The summed E-state index contributed by atoms with van der Waals surface area (Å²) in [6, 6.07) is 8.24. The second-order valence-electron chi connectivity index (χ2n) is 3.86. The van der Waals surface area contributed by atoms with Gasteiger partial charge in [0.2, 0.25) is 0 Å². The quantitative estimate of drug-likeness (QED) is 0.780. The maximum Gasteiger partial charge on any atom is 0.0712 e. The van der Waals surface area contributed by atoms with E-state index in [0.717, 1.165) is 12.1 Å². The molecule has 1 aromatic carbocycles. The van der Waals surface area contributed by atoms with Gasteiger partial charge in [-0.2, -0.15) is 0 Å². The van der Waals surface area contributed by atoms with Crippen LogP contribution in [0.1, 0.15) is 16.5 Å². The number of nitrogens with zero attached hydrogens (tertiary/aromatic N) is 1. The van der Waals surface area contributed by atoms with E-state index in [1.807, 2.05) is 11.9 Å². The molecule has 15 heavy (non-hydrogen) atoms. The van der Waals surface area contributed by atoms with Crippen molar-refractivity contribution in [2.24, 2.45) is 0 Å². The van der Waals surface area contributed by atoms with Gasteiger partial charge in [-0.15, -0.1) is 11.6 Å². The molecular weight excluding hydrogens is 210 g/mol. The summed E-state index contributed by atoms with van der Waals surface area (Å²) in [7, 11) is 1.96. The third-order valence-corrected chi connectivity index (χ3v) is 2.78. The number of rotatable bonds is 5. The molecule has 1 N–H and O–H groups in total. The molecule has 1 rings (SSSR count). The molecule has 84 valence electrons. The number of benzene rings is 1.